The molecule has 1 aliphatic heterocycles. The first-order chi connectivity index (χ1) is 17.6. The molecule has 9 nitrogen and oxygen atoms in total. The van der Waals surface area contributed by atoms with Gasteiger partial charge in [-0.25, -0.2) is 0 Å². The lowest BCUT2D eigenvalue weighted by Crippen LogP contribution is -2.49. The zero-order valence-electron chi connectivity index (χ0n) is 20.5. The zero-order valence-corrected chi connectivity index (χ0v) is 20.5. The minimum Gasteiger partial charge on any atom is -0.489 e. The number of ether oxygens (including phenoxy) is 2. The van der Waals surface area contributed by atoms with E-state index in [1.807, 2.05) is 6.07 Å². The lowest BCUT2D eigenvalue weighted by atomic mass is 10.1. The minimum absolute atomic E-state index is 0.0625. The number of aromatic nitrogens is 1. The second kappa shape index (κ2) is 10.4. The summed E-state index contributed by atoms with van der Waals surface area (Å²) in [6, 6.07) is 15.8. The number of nitrogens with zero attached hydrogens (tertiary/aromatic N) is 3. The number of likely N-dealkylation sites (N-methyl/N-ethyl adjacent to an activating group) is 1. The Hall–Kier alpha value is -4.86. The van der Waals surface area contributed by atoms with Gasteiger partial charge in [-0.3, -0.25) is 14.6 Å². The van der Waals surface area contributed by atoms with Crippen molar-refractivity contribution < 1.29 is 24.2 Å². The Balaban J connectivity index is 1.47. The maximum absolute atomic E-state index is 13.1. The molecule has 4 rings (SSSR count). The highest BCUT2D eigenvalue weighted by atomic mass is 16.5. The van der Waals surface area contributed by atoms with E-state index >= 15 is 0 Å². The van der Waals surface area contributed by atoms with Gasteiger partial charge < -0.3 is 24.8 Å². The van der Waals surface area contributed by atoms with Crippen LogP contribution in [0.3, 0.4) is 0 Å². The lowest BCUT2D eigenvalue weighted by molar-refractivity contribution is -0.120. The number of benzene rings is 2. The molecular formula is C28H24N4O5. The van der Waals surface area contributed by atoms with Crippen LogP contribution >= 0.6 is 0 Å². The molecular weight excluding hydrogens is 472 g/mol. The van der Waals surface area contributed by atoms with Crippen molar-refractivity contribution in [2.24, 2.45) is 0 Å². The lowest BCUT2D eigenvalue weighted by Gasteiger charge is -2.20. The number of fused-ring (bicyclic) bond motifs is 1. The van der Waals surface area contributed by atoms with Crippen molar-refractivity contribution in [3.63, 3.8) is 0 Å². The molecule has 0 radical (unpaired) electrons. The third kappa shape index (κ3) is 6.23. The van der Waals surface area contributed by atoms with Crippen LogP contribution in [0.15, 0.2) is 60.8 Å². The van der Waals surface area contributed by atoms with Crippen LogP contribution in [-0.2, 0) is 4.79 Å². The predicted octanol–water partition coefficient (Wildman–Crippen LogP) is 3.02. The molecule has 186 valence electrons. The molecule has 0 saturated carbocycles. The molecule has 0 aliphatic carbocycles. The van der Waals surface area contributed by atoms with Gasteiger partial charge in [0, 0.05) is 24.9 Å². The maximum atomic E-state index is 13.1. The van der Waals surface area contributed by atoms with E-state index in [0.717, 1.165) is 0 Å². The van der Waals surface area contributed by atoms with Gasteiger partial charge in [0.25, 0.3) is 11.8 Å². The summed E-state index contributed by atoms with van der Waals surface area (Å²) in [5.41, 5.74) is 0.572. The summed E-state index contributed by atoms with van der Waals surface area (Å²) in [6.45, 7) is 3.08. The first-order valence-electron chi connectivity index (χ1n) is 11.4. The molecule has 2 amide bonds. The smallest absolute Gasteiger partial charge is 0.270 e. The van der Waals surface area contributed by atoms with Gasteiger partial charge in [-0.1, -0.05) is 11.8 Å². The van der Waals surface area contributed by atoms with E-state index < -0.39 is 17.6 Å². The van der Waals surface area contributed by atoms with Crippen molar-refractivity contribution >= 4 is 17.5 Å². The second-order valence-corrected chi connectivity index (χ2v) is 8.84. The van der Waals surface area contributed by atoms with Crippen molar-refractivity contribution in [3.05, 3.63) is 77.6 Å². The van der Waals surface area contributed by atoms with E-state index in [9.17, 15) is 14.7 Å². The van der Waals surface area contributed by atoms with Crippen LogP contribution in [0.25, 0.3) is 0 Å². The molecule has 1 aromatic heterocycles. The topological polar surface area (TPSA) is 125 Å². The van der Waals surface area contributed by atoms with Crippen molar-refractivity contribution in [2.45, 2.75) is 25.5 Å². The number of nitrogens with one attached hydrogen (secondary N) is 1. The fourth-order valence-electron chi connectivity index (χ4n) is 3.47. The van der Waals surface area contributed by atoms with Crippen molar-refractivity contribution in [1.29, 1.82) is 5.26 Å². The molecule has 0 spiro atoms. The Morgan fingerprint density at radius 1 is 1.16 bits per heavy atom. The highest BCUT2D eigenvalue weighted by Gasteiger charge is 2.31. The number of amides is 2. The summed E-state index contributed by atoms with van der Waals surface area (Å²) < 4.78 is 11.6. The summed E-state index contributed by atoms with van der Waals surface area (Å²) in [6.07, 6.45) is 1.43. The Bertz CT molecular complexity index is 1440. The number of rotatable bonds is 4. The molecule has 2 aromatic carbocycles. The first kappa shape index (κ1) is 25.2. The third-order valence-electron chi connectivity index (χ3n) is 5.36. The van der Waals surface area contributed by atoms with Crippen LogP contribution in [-0.4, -0.2) is 47.2 Å². The normalized spacial score (nSPS) is 14.7. The van der Waals surface area contributed by atoms with Gasteiger partial charge in [0.05, 0.1) is 17.3 Å². The van der Waals surface area contributed by atoms with E-state index in [4.69, 9.17) is 14.7 Å². The van der Waals surface area contributed by atoms with Gasteiger partial charge in [-0.05, 0) is 62.4 Å². The number of carbonyl (C=O) groups is 2. The molecule has 3 aromatic rings. The minimum atomic E-state index is -1.14. The summed E-state index contributed by atoms with van der Waals surface area (Å²) in [5, 5.41) is 21.4. The van der Waals surface area contributed by atoms with Crippen LogP contribution in [0.4, 0.5) is 5.69 Å². The van der Waals surface area contributed by atoms with Crippen molar-refractivity contribution in [2.75, 3.05) is 18.6 Å². The number of aliphatic hydroxyl groups is 1. The van der Waals surface area contributed by atoms with Crippen LogP contribution in [0.1, 0.15) is 35.5 Å². The average molecular weight is 497 g/mol. The van der Waals surface area contributed by atoms with Gasteiger partial charge in [0.15, 0.2) is 0 Å². The van der Waals surface area contributed by atoms with E-state index in [0.29, 0.717) is 34.1 Å². The van der Waals surface area contributed by atoms with Gasteiger partial charge in [-0.2, -0.15) is 5.26 Å². The molecule has 2 N–H and O–H groups in total. The van der Waals surface area contributed by atoms with Gasteiger partial charge in [-0.15, -0.1) is 0 Å². The van der Waals surface area contributed by atoms with Crippen molar-refractivity contribution in [1.82, 2.24) is 10.3 Å². The monoisotopic (exact) mass is 496 g/mol. The van der Waals surface area contributed by atoms with E-state index in [-0.39, 0.29) is 18.2 Å². The number of nitriles is 1. The molecule has 1 unspecified atom stereocenters. The number of carbonyl (C=O) groups excluding carboxylic acids is 2. The molecule has 2 heterocycles. The van der Waals surface area contributed by atoms with Crippen molar-refractivity contribution in [3.8, 4) is 35.2 Å². The van der Waals surface area contributed by atoms with E-state index in [1.165, 1.54) is 17.2 Å². The number of pyridine rings is 1. The fourth-order valence-corrected chi connectivity index (χ4v) is 3.47. The van der Waals surface area contributed by atoms with Gasteiger partial charge in [0.2, 0.25) is 0 Å². The Labute approximate surface area is 214 Å². The summed E-state index contributed by atoms with van der Waals surface area (Å²) in [4.78, 5) is 31.5. The van der Waals surface area contributed by atoms with Crippen LogP contribution < -0.4 is 19.7 Å². The number of anilines is 1. The quantitative estimate of drug-likeness (QED) is 0.532. The molecule has 9 heteroatoms. The zero-order chi connectivity index (χ0) is 26.6. The average Bonchev–Trinajstić information content (AvgIpc) is 2.99. The molecule has 1 aliphatic rings. The summed E-state index contributed by atoms with van der Waals surface area (Å²) >= 11 is 0. The fraction of sp³-hybridized carbons (Fsp3) is 0.214. The number of hydrogen-bond acceptors (Lipinski definition) is 7. The Morgan fingerprint density at radius 3 is 2.59 bits per heavy atom. The molecule has 0 bridgehead atoms. The van der Waals surface area contributed by atoms with Crippen LogP contribution in [0.2, 0.25) is 0 Å². The summed E-state index contributed by atoms with van der Waals surface area (Å²) in [7, 11) is 1.60. The first-order valence-corrected chi connectivity index (χ1v) is 11.4. The second-order valence-electron chi connectivity index (χ2n) is 8.84. The van der Waals surface area contributed by atoms with Gasteiger partial charge in [0.1, 0.15) is 41.2 Å². The van der Waals surface area contributed by atoms with E-state index in [2.05, 4.69) is 22.1 Å². The third-order valence-corrected chi connectivity index (χ3v) is 5.36. The standard InChI is InChI=1S/C28H24N4O5/c1-28(2,35)12-10-18-6-9-24-25(14-18)36-17-23(27(34)32(24)3)31-26(33)22-15-21(11-13-30-22)37-20-7-4-19(16-29)5-8-20/h4-9,11,13-15,23,35H,17H2,1-3H3,(H,31,33). The van der Waals surface area contributed by atoms with Crippen LogP contribution in [0, 0.1) is 23.2 Å². The molecule has 37 heavy (non-hydrogen) atoms. The summed E-state index contributed by atoms with van der Waals surface area (Å²) in [5.74, 6) is 6.01. The Kier molecular flexibility index (Phi) is 7.10. The maximum Gasteiger partial charge on any atom is 0.270 e. The van der Waals surface area contributed by atoms with E-state index in [1.54, 1.807) is 69.4 Å². The van der Waals surface area contributed by atoms with Gasteiger partial charge >= 0.3 is 0 Å². The molecule has 0 fully saturated rings. The largest absolute Gasteiger partial charge is 0.489 e. The Morgan fingerprint density at radius 2 is 1.89 bits per heavy atom. The number of hydrogen-bond donors (Lipinski definition) is 2. The highest BCUT2D eigenvalue weighted by Crippen LogP contribution is 2.31. The molecule has 0 saturated heterocycles. The van der Waals surface area contributed by atoms with Crippen LogP contribution in [0.5, 0.6) is 17.2 Å². The molecule has 1 atom stereocenters. The predicted molar refractivity (Wildman–Crippen MR) is 135 cm³/mol. The SMILES string of the molecule is CN1C(=O)C(NC(=O)c2cc(Oc3ccc(C#N)cc3)ccn2)COc2cc(C#CC(C)(C)O)ccc21. The highest BCUT2D eigenvalue weighted by molar-refractivity contribution is 6.03.